The summed E-state index contributed by atoms with van der Waals surface area (Å²) in [5.74, 6) is -0.191. The molecular formula is C20H22N4O3S. The summed E-state index contributed by atoms with van der Waals surface area (Å²) < 4.78 is 28.9. The van der Waals surface area contributed by atoms with Crippen LogP contribution in [0.2, 0.25) is 0 Å². The van der Waals surface area contributed by atoms with Crippen LogP contribution >= 0.6 is 0 Å². The molecule has 0 aliphatic rings. The number of carbonyl (C=O) groups is 1. The maximum Gasteiger partial charge on any atom is 0.261 e. The van der Waals surface area contributed by atoms with E-state index in [-0.39, 0.29) is 10.8 Å². The van der Waals surface area contributed by atoms with Crippen LogP contribution < -0.4 is 10.0 Å². The topological polar surface area (TPSA) is 93.1 Å². The molecule has 2 N–H and O–H groups in total. The van der Waals surface area contributed by atoms with Crippen LogP contribution in [-0.4, -0.2) is 30.7 Å². The number of hydrogen-bond acceptors (Lipinski definition) is 4. The number of rotatable bonds is 8. The fourth-order valence-corrected chi connectivity index (χ4v) is 3.78. The first-order valence-corrected chi connectivity index (χ1v) is 10.4. The summed E-state index contributed by atoms with van der Waals surface area (Å²) in [6.07, 6.45) is 5.43. The zero-order valence-corrected chi connectivity index (χ0v) is 16.3. The molecule has 0 saturated heterocycles. The molecule has 3 rings (SSSR count). The van der Waals surface area contributed by atoms with E-state index in [1.807, 2.05) is 19.4 Å². The minimum atomic E-state index is -3.65. The Bertz CT molecular complexity index is 1030. The first-order valence-electron chi connectivity index (χ1n) is 8.88. The van der Waals surface area contributed by atoms with Gasteiger partial charge in [0.05, 0.1) is 11.1 Å². The Kier molecular flexibility index (Phi) is 6.10. The standard InChI is InChI=1S/C20H22N4O3S/c1-24-15-16(14-22-24)6-5-13-21-20(25)17-9-11-18(12-10-17)23-28(26,27)19-7-3-2-4-8-19/h2-4,7-12,14-15,23H,5-6,13H2,1H3,(H,21,25). The van der Waals surface area contributed by atoms with Crippen molar-refractivity contribution in [3.8, 4) is 0 Å². The molecule has 0 radical (unpaired) electrons. The highest BCUT2D eigenvalue weighted by Crippen LogP contribution is 2.16. The van der Waals surface area contributed by atoms with Gasteiger partial charge in [-0.15, -0.1) is 0 Å². The lowest BCUT2D eigenvalue weighted by Crippen LogP contribution is -2.24. The highest BCUT2D eigenvalue weighted by atomic mass is 32.2. The van der Waals surface area contributed by atoms with E-state index in [2.05, 4.69) is 15.1 Å². The van der Waals surface area contributed by atoms with E-state index >= 15 is 0 Å². The Morgan fingerprint density at radius 1 is 1.07 bits per heavy atom. The van der Waals surface area contributed by atoms with Crippen LogP contribution in [0.3, 0.4) is 0 Å². The van der Waals surface area contributed by atoms with Crippen LogP contribution in [0.4, 0.5) is 5.69 Å². The first-order chi connectivity index (χ1) is 13.4. The summed E-state index contributed by atoms with van der Waals surface area (Å²) in [6, 6.07) is 14.5. The summed E-state index contributed by atoms with van der Waals surface area (Å²) >= 11 is 0. The van der Waals surface area contributed by atoms with Crippen LogP contribution in [0.15, 0.2) is 71.9 Å². The van der Waals surface area contributed by atoms with E-state index < -0.39 is 10.0 Å². The molecule has 28 heavy (non-hydrogen) atoms. The molecule has 0 atom stereocenters. The number of aryl methyl sites for hydroxylation is 2. The lowest BCUT2D eigenvalue weighted by molar-refractivity contribution is 0.0953. The monoisotopic (exact) mass is 398 g/mol. The quantitative estimate of drug-likeness (QED) is 0.571. The Labute approximate surface area is 164 Å². The second kappa shape index (κ2) is 8.71. The minimum Gasteiger partial charge on any atom is -0.352 e. The van der Waals surface area contributed by atoms with Crippen molar-refractivity contribution >= 4 is 21.6 Å². The number of carbonyl (C=O) groups excluding carboxylic acids is 1. The smallest absolute Gasteiger partial charge is 0.261 e. The normalized spacial score (nSPS) is 11.2. The first kappa shape index (κ1) is 19.6. The average molecular weight is 398 g/mol. The number of anilines is 1. The molecule has 0 bridgehead atoms. The van der Waals surface area contributed by atoms with Crippen LogP contribution in [0.25, 0.3) is 0 Å². The van der Waals surface area contributed by atoms with Gasteiger partial charge in [-0.1, -0.05) is 18.2 Å². The van der Waals surface area contributed by atoms with Gasteiger partial charge >= 0.3 is 0 Å². The number of nitrogens with one attached hydrogen (secondary N) is 2. The number of sulfonamides is 1. The molecule has 2 aromatic carbocycles. The summed E-state index contributed by atoms with van der Waals surface area (Å²) in [7, 11) is -1.78. The lowest BCUT2D eigenvalue weighted by Gasteiger charge is -2.09. The second-order valence-corrected chi connectivity index (χ2v) is 8.06. The fraction of sp³-hybridized carbons (Fsp3) is 0.200. The summed E-state index contributed by atoms with van der Waals surface area (Å²) in [5.41, 5.74) is 2.01. The highest BCUT2D eigenvalue weighted by Gasteiger charge is 2.13. The van der Waals surface area contributed by atoms with Crippen molar-refractivity contribution in [2.45, 2.75) is 17.7 Å². The number of amides is 1. The van der Waals surface area contributed by atoms with Crippen molar-refractivity contribution in [3.63, 3.8) is 0 Å². The van der Waals surface area contributed by atoms with Crippen LogP contribution in [0, 0.1) is 0 Å². The molecule has 1 aromatic heterocycles. The SMILES string of the molecule is Cn1cc(CCCNC(=O)c2ccc(NS(=O)(=O)c3ccccc3)cc2)cn1. The van der Waals surface area contributed by atoms with Gasteiger partial charge in [-0.25, -0.2) is 8.42 Å². The molecule has 0 spiro atoms. The number of aromatic nitrogens is 2. The van der Waals surface area contributed by atoms with Gasteiger partial charge in [-0.05, 0) is 54.8 Å². The molecular weight excluding hydrogens is 376 g/mol. The zero-order valence-electron chi connectivity index (χ0n) is 15.5. The average Bonchev–Trinajstić information content (AvgIpc) is 3.11. The number of hydrogen-bond donors (Lipinski definition) is 2. The Morgan fingerprint density at radius 2 is 1.79 bits per heavy atom. The Morgan fingerprint density at radius 3 is 2.43 bits per heavy atom. The molecule has 0 aliphatic heterocycles. The highest BCUT2D eigenvalue weighted by molar-refractivity contribution is 7.92. The second-order valence-electron chi connectivity index (χ2n) is 6.38. The summed E-state index contributed by atoms with van der Waals surface area (Å²) in [4.78, 5) is 12.4. The lowest BCUT2D eigenvalue weighted by atomic mass is 10.2. The van der Waals surface area contributed by atoms with Gasteiger partial charge in [-0.2, -0.15) is 5.10 Å². The fourth-order valence-electron chi connectivity index (χ4n) is 2.70. The van der Waals surface area contributed by atoms with Crippen LogP contribution in [-0.2, 0) is 23.5 Å². The number of nitrogens with zero attached hydrogens (tertiary/aromatic N) is 2. The van der Waals surface area contributed by atoms with E-state index in [0.29, 0.717) is 17.8 Å². The van der Waals surface area contributed by atoms with Crippen molar-refractivity contribution in [1.82, 2.24) is 15.1 Å². The van der Waals surface area contributed by atoms with Crippen molar-refractivity contribution in [2.24, 2.45) is 7.05 Å². The largest absolute Gasteiger partial charge is 0.352 e. The third-order valence-corrected chi connectivity index (χ3v) is 5.54. The number of benzene rings is 2. The predicted octanol–water partition coefficient (Wildman–Crippen LogP) is 2.58. The van der Waals surface area contributed by atoms with E-state index in [4.69, 9.17) is 0 Å². The third-order valence-electron chi connectivity index (χ3n) is 4.14. The molecule has 8 heteroatoms. The van der Waals surface area contributed by atoms with Crippen LogP contribution in [0.5, 0.6) is 0 Å². The van der Waals surface area contributed by atoms with Gasteiger partial charge in [0.15, 0.2) is 0 Å². The van der Waals surface area contributed by atoms with Gasteiger partial charge in [0.25, 0.3) is 15.9 Å². The zero-order chi connectivity index (χ0) is 20.0. The molecule has 0 saturated carbocycles. The molecule has 146 valence electrons. The van der Waals surface area contributed by atoms with Gasteiger partial charge in [0, 0.05) is 31.0 Å². The summed E-state index contributed by atoms with van der Waals surface area (Å²) in [6.45, 7) is 0.552. The Balaban J connectivity index is 1.51. The molecule has 0 fully saturated rings. The van der Waals surface area contributed by atoms with Crippen molar-refractivity contribution < 1.29 is 13.2 Å². The molecule has 3 aromatic rings. The van der Waals surface area contributed by atoms with Gasteiger partial charge in [-0.3, -0.25) is 14.2 Å². The van der Waals surface area contributed by atoms with Gasteiger partial charge < -0.3 is 5.32 Å². The molecule has 0 unspecified atom stereocenters. The van der Waals surface area contributed by atoms with Gasteiger partial charge in [0.1, 0.15) is 0 Å². The van der Waals surface area contributed by atoms with Crippen molar-refractivity contribution in [2.75, 3.05) is 11.3 Å². The van der Waals surface area contributed by atoms with Gasteiger partial charge in [0.2, 0.25) is 0 Å². The van der Waals surface area contributed by atoms with E-state index in [1.54, 1.807) is 47.1 Å². The molecule has 1 heterocycles. The van der Waals surface area contributed by atoms with E-state index in [0.717, 1.165) is 18.4 Å². The maximum absolute atomic E-state index is 12.3. The predicted molar refractivity (Wildman–Crippen MR) is 108 cm³/mol. The van der Waals surface area contributed by atoms with E-state index in [1.165, 1.54) is 12.1 Å². The van der Waals surface area contributed by atoms with Crippen LogP contribution in [0.1, 0.15) is 22.3 Å². The third kappa shape index (κ3) is 5.20. The molecule has 0 aliphatic carbocycles. The maximum atomic E-state index is 12.3. The van der Waals surface area contributed by atoms with Crippen molar-refractivity contribution in [3.05, 3.63) is 78.1 Å². The Hall–Kier alpha value is -3.13. The molecule has 7 nitrogen and oxygen atoms in total. The minimum absolute atomic E-state index is 0.186. The summed E-state index contributed by atoms with van der Waals surface area (Å²) in [5, 5.41) is 6.98. The van der Waals surface area contributed by atoms with Crippen molar-refractivity contribution in [1.29, 1.82) is 0 Å². The van der Waals surface area contributed by atoms with E-state index in [9.17, 15) is 13.2 Å². The molecule has 1 amide bonds.